The Balaban J connectivity index is 2.12. The number of nitrogens with zero attached hydrogens (tertiary/aromatic N) is 1. The summed E-state index contributed by atoms with van der Waals surface area (Å²) in [6.45, 7) is 2.80. The highest BCUT2D eigenvalue weighted by Gasteiger charge is 2.04. The summed E-state index contributed by atoms with van der Waals surface area (Å²) in [6, 6.07) is 7.79. The standard InChI is InChI=1S/C14H14BrN3S/c1-9-4-5-17-7-11(9)8-18-13-3-2-10(14(16)19)6-12(13)15/h2-7,18H,8H2,1H3,(H2,16,19). The monoisotopic (exact) mass is 335 g/mol. The zero-order valence-electron chi connectivity index (χ0n) is 10.5. The molecule has 0 fully saturated rings. The molecule has 3 nitrogen and oxygen atoms in total. The average Bonchev–Trinajstić information content (AvgIpc) is 2.39. The van der Waals surface area contributed by atoms with Gasteiger partial charge in [-0.3, -0.25) is 4.98 Å². The molecule has 0 aliphatic carbocycles. The van der Waals surface area contributed by atoms with E-state index in [-0.39, 0.29) is 0 Å². The molecule has 0 atom stereocenters. The first-order valence-corrected chi connectivity index (χ1v) is 7.01. The number of thiocarbonyl (C=S) groups is 1. The molecule has 1 aromatic heterocycles. The lowest BCUT2D eigenvalue weighted by Crippen LogP contribution is -2.09. The lowest BCUT2D eigenvalue weighted by atomic mass is 10.1. The smallest absolute Gasteiger partial charge is 0.104 e. The SMILES string of the molecule is Cc1ccncc1CNc1ccc(C(N)=S)cc1Br. The summed E-state index contributed by atoms with van der Waals surface area (Å²) in [5.41, 5.74) is 9.85. The van der Waals surface area contributed by atoms with Gasteiger partial charge in [0.25, 0.3) is 0 Å². The van der Waals surface area contributed by atoms with Crippen LogP contribution in [0.5, 0.6) is 0 Å². The Kier molecular flexibility index (Phi) is 4.50. The Morgan fingerprint density at radius 3 is 2.84 bits per heavy atom. The average molecular weight is 336 g/mol. The van der Waals surface area contributed by atoms with Crippen LogP contribution in [0.25, 0.3) is 0 Å². The molecule has 19 heavy (non-hydrogen) atoms. The first-order chi connectivity index (χ1) is 9.08. The summed E-state index contributed by atoms with van der Waals surface area (Å²) < 4.78 is 0.944. The van der Waals surface area contributed by atoms with Crippen LogP contribution in [0.1, 0.15) is 16.7 Å². The van der Waals surface area contributed by atoms with Gasteiger partial charge in [-0.2, -0.15) is 0 Å². The second-order valence-corrected chi connectivity index (χ2v) is 5.51. The topological polar surface area (TPSA) is 50.9 Å². The van der Waals surface area contributed by atoms with Gasteiger partial charge in [0.2, 0.25) is 0 Å². The van der Waals surface area contributed by atoms with E-state index in [1.807, 2.05) is 30.5 Å². The molecular formula is C14H14BrN3S. The van der Waals surface area contributed by atoms with Crippen molar-refractivity contribution >= 4 is 38.8 Å². The Morgan fingerprint density at radius 2 is 2.21 bits per heavy atom. The zero-order chi connectivity index (χ0) is 13.8. The normalized spacial score (nSPS) is 10.2. The largest absolute Gasteiger partial charge is 0.389 e. The molecule has 1 aromatic carbocycles. The molecule has 0 aliphatic heterocycles. The summed E-state index contributed by atoms with van der Waals surface area (Å²) in [7, 11) is 0. The first kappa shape index (κ1) is 14.0. The maximum absolute atomic E-state index is 5.60. The quantitative estimate of drug-likeness (QED) is 0.841. The number of nitrogens with one attached hydrogen (secondary N) is 1. The number of aryl methyl sites for hydroxylation is 1. The van der Waals surface area contributed by atoms with Crippen LogP contribution in [-0.4, -0.2) is 9.97 Å². The molecule has 0 spiro atoms. The van der Waals surface area contributed by atoms with Crippen LogP contribution in [0.15, 0.2) is 41.1 Å². The van der Waals surface area contributed by atoms with Gasteiger partial charge in [-0.15, -0.1) is 0 Å². The number of nitrogens with two attached hydrogens (primary N) is 1. The summed E-state index contributed by atoms with van der Waals surface area (Å²) in [4.78, 5) is 4.53. The third-order valence-corrected chi connectivity index (χ3v) is 3.76. The molecule has 0 bridgehead atoms. The Hall–Kier alpha value is -1.46. The zero-order valence-corrected chi connectivity index (χ0v) is 12.9. The minimum atomic E-state index is 0.398. The number of hydrogen-bond acceptors (Lipinski definition) is 3. The van der Waals surface area contributed by atoms with Crippen LogP contribution in [-0.2, 0) is 6.54 Å². The number of halogens is 1. The van der Waals surface area contributed by atoms with Crippen molar-refractivity contribution in [2.75, 3.05) is 5.32 Å². The van der Waals surface area contributed by atoms with Gasteiger partial charge in [-0.25, -0.2) is 0 Å². The van der Waals surface area contributed by atoms with Gasteiger partial charge in [0.15, 0.2) is 0 Å². The molecule has 1 heterocycles. The highest BCUT2D eigenvalue weighted by molar-refractivity contribution is 9.10. The molecule has 98 valence electrons. The van der Waals surface area contributed by atoms with Crippen molar-refractivity contribution in [1.82, 2.24) is 4.98 Å². The third kappa shape index (κ3) is 3.52. The highest BCUT2D eigenvalue weighted by atomic mass is 79.9. The second kappa shape index (κ2) is 6.12. The van der Waals surface area contributed by atoms with Crippen molar-refractivity contribution in [3.8, 4) is 0 Å². The number of pyridine rings is 1. The van der Waals surface area contributed by atoms with Gasteiger partial charge >= 0.3 is 0 Å². The summed E-state index contributed by atoms with van der Waals surface area (Å²) in [5, 5.41) is 3.37. The molecule has 3 N–H and O–H groups in total. The molecule has 0 saturated carbocycles. The van der Waals surface area contributed by atoms with Crippen LogP contribution in [0.3, 0.4) is 0 Å². The van der Waals surface area contributed by atoms with E-state index < -0.39 is 0 Å². The predicted molar refractivity (Wildman–Crippen MR) is 86.3 cm³/mol. The molecule has 2 rings (SSSR count). The Morgan fingerprint density at radius 1 is 1.42 bits per heavy atom. The predicted octanol–water partition coefficient (Wildman–Crippen LogP) is 3.40. The highest BCUT2D eigenvalue weighted by Crippen LogP contribution is 2.24. The fourth-order valence-electron chi connectivity index (χ4n) is 1.68. The van der Waals surface area contributed by atoms with E-state index in [2.05, 4.69) is 33.2 Å². The molecular weight excluding hydrogens is 322 g/mol. The fraction of sp³-hybridized carbons (Fsp3) is 0.143. The van der Waals surface area contributed by atoms with Gasteiger partial charge in [0.05, 0.1) is 0 Å². The van der Waals surface area contributed by atoms with Gasteiger partial charge in [-0.1, -0.05) is 12.2 Å². The molecule has 2 aromatic rings. The van der Waals surface area contributed by atoms with E-state index in [0.29, 0.717) is 4.99 Å². The van der Waals surface area contributed by atoms with E-state index in [0.717, 1.165) is 22.3 Å². The van der Waals surface area contributed by atoms with E-state index in [9.17, 15) is 0 Å². The van der Waals surface area contributed by atoms with Gasteiger partial charge in [-0.05, 0) is 58.2 Å². The van der Waals surface area contributed by atoms with Crippen LogP contribution in [0.4, 0.5) is 5.69 Å². The Labute approximate surface area is 126 Å². The summed E-state index contributed by atoms with van der Waals surface area (Å²) in [6.07, 6.45) is 3.67. The van der Waals surface area contributed by atoms with E-state index in [1.165, 1.54) is 11.1 Å². The molecule has 0 aliphatic rings. The van der Waals surface area contributed by atoms with Crippen molar-refractivity contribution in [2.45, 2.75) is 13.5 Å². The van der Waals surface area contributed by atoms with Crippen molar-refractivity contribution in [3.63, 3.8) is 0 Å². The van der Waals surface area contributed by atoms with Crippen LogP contribution in [0.2, 0.25) is 0 Å². The van der Waals surface area contributed by atoms with E-state index in [4.69, 9.17) is 18.0 Å². The molecule has 0 saturated heterocycles. The van der Waals surface area contributed by atoms with Gasteiger partial charge in [0.1, 0.15) is 4.99 Å². The van der Waals surface area contributed by atoms with Gasteiger partial charge in [0, 0.05) is 34.7 Å². The number of hydrogen-bond donors (Lipinski definition) is 2. The van der Waals surface area contributed by atoms with E-state index in [1.54, 1.807) is 6.20 Å². The third-order valence-electron chi connectivity index (χ3n) is 2.87. The lowest BCUT2D eigenvalue weighted by Gasteiger charge is -2.11. The number of anilines is 1. The van der Waals surface area contributed by atoms with Crippen LogP contribution < -0.4 is 11.1 Å². The number of rotatable bonds is 4. The fourth-order valence-corrected chi connectivity index (χ4v) is 2.33. The van der Waals surface area contributed by atoms with Gasteiger partial charge < -0.3 is 11.1 Å². The summed E-state index contributed by atoms with van der Waals surface area (Å²) >= 11 is 8.47. The minimum Gasteiger partial charge on any atom is -0.389 e. The molecule has 5 heteroatoms. The van der Waals surface area contributed by atoms with Crippen LogP contribution in [0, 0.1) is 6.92 Å². The minimum absolute atomic E-state index is 0.398. The van der Waals surface area contributed by atoms with Crippen molar-refractivity contribution in [2.24, 2.45) is 5.73 Å². The first-order valence-electron chi connectivity index (χ1n) is 5.80. The van der Waals surface area contributed by atoms with Crippen molar-refractivity contribution < 1.29 is 0 Å². The maximum atomic E-state index is 5.60. The van der Waals surface area contributed by atoms with Crippen molar-refractivity contribution in [1.29, 1.82) is 0 Å². The number of benzene rings is 1. The maximum Gasteiger partial charge on any atom is 0.104 e. The molecule has 0 radical (unpaired) electrons. The van der Waals surface area contributed by atoms with E-state index >= 15 is 0 Å². The number of aromatic nitrogens is 1. The van der Waals surface area contributed by atoms with Crippen molar-refractivity contribution in [3.05, 3.63) is 57.8 Å². The van der Waals surface area contributed by atoms with Crippen LogP contribution >= 0.6 is 28.1 Å². The molecule has 0 amide bonds. The lowest BCUT2D eigenvalue weighted by molar-refractivity contribution is 1.08. The second-order valence-electron chi connectivity index (χ2n) is 4.21. The Bertz CT molecular complexity index is 613. The molecule has 0 unspecified atom stereocenters. The summed E-state index contributed by atoms with van der Waals surface area (Å²) in [5.74, 6) is 0.